The lowest BCUT2D eigenvalue weighted by atomic mass is 10.0. The Morgan fingerprint density at radius 2 is 1.54 bits per heavy atom. The van der Waals surface area contributed by atoms with Gasteiger partial charge in [0, 0.05) is 28.5 Å². The van der Waals surface area contributed by atoms with Gasteiger partial charge in [-0.3, -0.25) is 9.59 Å². The molecule has 3 rings (SSSR count). The van der Waals surface area contributed by atoms with Gasteiger partial charge in [-0.2, -0.15) is 0 Å². The molecule has 5 nitrogen and oxygen atoms in total. The van der Waals surface area contributed by atoms with Crippen LogP contribution in [0, 0.1) is 0 Å². The van der Waals surface area contributed by atoms with Crippen molar-refractivity contribution in [2.24, 2.45) is 0 Å². The SMILES string of the molecule is CC(C)(C)NC(=O)[C@@H](Cc1ccccc1)N(Cc1cccc(Cl)c1)C(=O)COc1ccc(Cl)cc1. The summed E-state index contributed by atoms with van der Waals surface area (Å²) in [5, 5.41) is 4.18. The number of hydrogen-bond donors (Lipinski definition) is 1. The highest BCUT2D eigenvalue weighted by Gasteiger charge is 2.32. The maximum absolute atomic E-state index is 13.5. The molecule has 0 spiro atoms. The summed E-state index contributed by atoms with van der Waals surface area (Å²) in [5.74, 6) is -0.0302. The van der Waals surface area contributed by atoms with Crippen LogP contribution in [-0.2, 0) is 22.6 Å². The van der Waals surface area contributed by atoms with E-state index in [4.69, 9.17) is 27.9 Å². The first kappa shape index (κ1) is 26.6. The third-order valence-corrected chi connectivity index (χ3v) is 5.67. The van der Waals surface area contributed by atoms with Gasteiger partial charge in [-0.1, -0.05) is 65.7 Å². The minimum atomic E-state index is -0.753. The average Bonchev–Trinajstić information content (AvgIpc) is 2.80. The summed E-state index contributed by atoms with van der Waals surface area (Å²) in [7, 11) is 0. The molecule has 1 N–H and O–H groups in total. The standard InChI is InChI=1S/C28H30Cl2N2O3/c1-28(2,3)31-27(34)25(17-20-8-5-4-6-9-20)32(18-21-10-7-11-23(30)16-21)26(33)19-35-24-14-12-22(29)13-15-24/h4-16,25H,17-19H2,1-3H3,(H,31,34)/t25-/m1/s1. The Hall–Kier alpha value is -3.02. The number of nitrogens with one attached hydrogen (secondary N) is 1. The van der Waals surface area contributed by atoms with E-state index in [2.05, 4.69) is 5.32 Å². The molecule has 3 aromatic carbocycles. The molecule has 0 saturated heterocycles. The zero-order valence-electron chi connectivity index (χ0n) is 20.1. The Kier molecular flexibility index (Phi) is 9.19. The first-order valence-corrected chi connectivity index (χ1v) is 12.1. The second-order valence-corrected chi connectivity index (χ2v) is 10.2. The van der Waals surface area contributed by atoms with Gasteiger partial charge in [-0.25, -0.2) is 0 Å². The number of rotatable bonds is 9. The Bertz CT molecular complexity index is 1130. The van der Waals surface area contributed by atoms with Gasteiger partial charge >= 0.3 is 0 Å². The van der Waals surface area contributed by atoms with E-state index in [0.717, 1.165) is 11.1 Å². The van der Waals surface area contributed by atoms with Crippen LogP contribution in [0.1, 0.15) is 31.9 Å². The van der Waals surface area contributed by atoms with E-state index in [1.54, 1.807) is 41.3 Å². The highest BCUT2D eigenvalue weighted by atomic mass is 35.5. The predicted molar refractivity (Wildman–Crippen MR) is 141 cm³/mol. The maximum atomic E-state index is 13.5. The van der Waals surface area contributed by atoms with Crippen LogP contribution in [0.5, 0.6) is 5.75 Å². The molecule has 0 fully saturated rings. The first-order chi connectivity index (χ1) is 16.6. The molecule has 3 aromatic rings. The Labute approximate surface area is 217 Å². The van der Waals surface area contributed by atoms with Gasteiger partial charge in [-0.15, -0.1) is 0 Å². The minimum absolute atomic E-state index is 0.207. The van der Waals surface area contributed by atoms with E-state index in [-0.39, 0.29) is 25.0 Å². The largest absolute Gasteiger partial charge is 0.484 e. The Balaban J connectivity index is 1.92. The zero-order valence-corrected chi connectivity index (χ0v) is 21.6. The van der Waals surface area contributed by atoms with E-state index in [9.17, 15) is 9.59 Å². The molecule has 0 unspecified atom stereocenters. The normalized spacial score (nSPS) is 12.0. The molecule has 0 aromatic heterocycles. The van der Waals surface area contributed by atoms with E-state index in [0.29, 0.717) is 22.2 Å². The highest BCUT2D eigenvalue weighted by Crippen LogP contribution is 2.20. The van der Waals surface area contributed by atoms with Crippen LogP contribution in [0.4, 0.5) is 0 Å². The third kappa shape index (κ3) is 8.61. The molecule has 1 atom stereocenters. The van der Waals surface area contributed by atoms with Crippen molar-refractivity contribution in [3.63, 3.8) is 0 Å². The lowest BCUT2D eigenvalue weighted by molar-refractivity contribution is -0.143. The number of benzene rings is 3. The lowest BCUT2D eigenvalue weighted by Crippen LogP contribution is -2.55. The molecule has 7 heteroatoms. The number of carbonyl (C=O) groups excluding carboxylic acids is 2. The molecule has 0 bridgehead atoms. The van der Waals surface area contributed by atoms with Crippen molar-refractivity contribution in [3.05, 3.63) is 100 Å². The van der Waals surface area contributed by atoms with Crippen molar-refractivity contribution in [1.82, 2.24) is 10.2 Å². The number of ether oxygens (including phenoxy) is 1. The number of nitrogens with zero attached hydrogens (tertiary/aromatic N) is 1. The fourth-order valence-electron chi connectivity index (χ4n) is 3.60. The van der Waals surface area contributed by atoms with Crippen molar-refractivity contribution < 1.29 is 14.3 Å². The van der Waals surface area contributed by atoms with Gasteiger partial charge in [0.25, 0.3) is 5.91 Å². The number of amides is 2. The topological polar surface area (TPSA) is 58.6 Å². The van der Waals surface area contributed by atoms with Gasteiger partial charge in [0.2, 0.25) is 5.91 Å². The van der Waals surface area contributed by atoms with Crippen LogP contribution < -0.4 is 10.1 Å². The van der Waals surface area contributed by atoms with Gasteiger partial charge in [0.1, 0.15) is 11.8 Å². The summed E-state index contributed by atoms with van der Waals surface area (Å²) in [5.41, 5.74) is 1.30. The van der Waals surface area contributed by atoms with E-state index < -0.39 is 11.6 Å². The van der Waals surface area contributed by atoms with Gasteiger partial charge in [0.15, 0.2) is 6.61 Å². The number of carbonyl (C=O) groups is 2. The highest BCUT2D eigenvalue weighted by molar-refractivity contribution is 6.30. The van der Waals surface area contributed by atoms with Crippen molar-refractivity contribution in [1.29, 1.82) is 0 Å². The van der Waals surface area contributed by atoms with Crippen LogP contribution in [0.3, 0.4) is 0 Å². The minimum Gasteiger partial charge on any atom is -0.484 e. The molecular weight excluding hydrogens is 483 g/mol. The number of halogens is 2. The van der Waals surface area contributed by atoms with Crippen molar-refractivity contribution in [3.8, 4) is 5.75 Å². The second-order valence-electron chi connectivity index (χ2n) is 9.34. The molecule has 184 valence electrons. The maximum Gasteiger partial charge on any atom is 0.261 e. The Morgan fingerprint density at radius 3 is 2.17 bits per heavy atom. The predicted octanol–water partition coefficient (Wildman–Crippen LogP) is 5.93. The van der Waals surface area contributed by atoms with Crippen molar-refractivity contribution in [2.45, 2.75) is 45.3 Å². The molecule has 0 aliphatic rings. The average molecular weight is 513 g/mol. The van der Waals surface area contributed by atoms with E-state index in [1.165, 1.54) is 0 Å². The van der Waals surface area contributed by atoms with E-state index >= 15 is 0 Å². The van der Waals surface area contributed by atoms with Crippen LogP contribution in [0.15, 0.2) is 78.9 Å². The molecule has 0 radical (unpaired) electrons. The summed E-state index contributed by atoms with van der Waals surface area (Å²) in [6.45, 7) is 5.72. The summed E-state index contributed by atoms with van der Waals surface area (Å²) in [4.78, 5) is 28.6. The first-order valence-electron chi connectivity index (χ1n) is 11.4. The van der Waals surface area contributed by atoms with Gasteiger partial charge in [-0.05, 0) is 68.3 Å². The van der Waals surface area contributed by atoms with Crippen molar-refractivity contribution in [2.75, 3.05) is 6.61 Å². The summed E-state index contributed by atoms with van der Waals surface area (Å²) in [6, 6.07) is 23.0. The molecule has 0 saturated carbocycles. The third-order valence-electron chi connectivity index (χ3n) is 5.19. The molecule has 0 aliphatic carbocycles. The lowest BCUT2D eigenvalue weighted by Gasteiger charge is -2.33. The monoisotopic (exact) mass is 512 g/mol. The van der Waals surface area contributed by atoms with Gasteiger partial charge in [0.05, 0.1) is 0 Å². The van der Waals surface area contributed by atoms with E-state index in [1.807, 2.05) is 63.2 Å². The zero-order chi connectivity index (χ0) is 25.4. The smallest absolute Gasteiger partial charge is 0.261 e. The summed E-state index contributed by atoms with van der Waals surface area (Å²) in [6.07, 6.45) is 0.357. The summed E-state index contributed by atoms with van der Waals surface area (Å²) >= 11 is 12.2. The van der Waals surface area contributed by atoms with Crippen molar-refractivity contribution >= 4 is 35.0 Å². The number of hydrogen-bond acceptors (Lipinski definition) is 3. The molecular formula is C28H30Cl2N2O3. The molecule has 0 heterocycles. The van der Waals surface area contributed by atoms with Crippen LogP contribution >= 0.6 is 23.2 Å². The quantitative estimate of drug-likeness (QED) is 0.386. The fourth-order valence-corrected chi connectivity index (χ4v) is 3.94. The fraction of sp³-hybridized carbons (Fsp3) is 0.286. The van der Waals surface area contributed by atoms with Gasteiger partial charge < -0.3 is 15.0 Å². The molecule has 2 amide bonds. The van der Waals surface area contributed by atoms with Crippen LogP contribution in [0.2, 0.25) is 10.0 Å². The molecule has 0 aliphatic heterocycles. The summed E-state index contributed by atoms with van der Waals surface area (Å²) < 4.78 is 5.74. The van der Waals surface area contributed by atoms with Crippen LogP contribution in [0.25, 0.3) is 0 Å². The Morgan fingerprint density at radius 1 is 0.886 bits per heavy atom. The second kappa shape index (κ2) is 12.1. The molecule has 35 heavy (non-hydrogen) atoms. The van der Waals surface area contributed by atoms with Crippen LogP contribution in [-0.4, -0.2) is 34.9 Å².